The monoisotopic (exact) mass is 286 g/mol. The van der Waals surface area contributed by atoms with Crippen LogP contribution >= 0.6 is 0 Å². The summed E-state index contributed by atoms with van der Waals surface area (Å²) < 4.78 is 6.04. The van der Waals surface area contributed by atoms with Crippen molar-refractivity contribution in [1.82, 2.24) is 0 Å². The quantitative estimate of drug-likeness (QED) is 0.827. The fourth-order valence-electron chi connectivity index (χ4n) is 4.02. The second-order valence-electron chi connectivity index (χ2n) is 6.82. The molecule has 114 valence electrons. The highest BCUT2D eigenvalue weighted by Gasteiger charge is 2.41. The van der Waals surface area contributed by atoms with E-state index in [9.17, 15) is 4.79 Å². The summed E-state index contributed by atoms with van der Waals surface area (Å²) in [5.74, 6) is 0.689. The lowest BCUT2D eigenvalue weighted by Gasteiger charge is -2.37. The molecule has 1 saturated carbocycles. The van der Waals surface area contributed by atoms with Gasteiger partial charge in [0.2, 0.25) is 0 Å². The average Bonchev–Trinajstić information content (AvgIpc) is 2.94. The van der Waals surface area contributed by atoms with Crippen LogP contribution in [0, 0.1) is 12.8 Å². The number of ketones is 1. The number of hydrogen-bond donors (Lipinski definition) is 0. The SMILES string of the molecule is Cc1ccccc1CCC(=O)C1CCOC2(CCCC2)C1. The van der Waals surface area contributed by atoms with Crippen molar-refractivity contribution in [1.29, 1.82) is 0 Å². The number of carbonyl (C=O) groups excluding carboxylic acids is 1. The lowest BCUT2D eigenvalue weighted by Crippen LogP contribution is -2.39. The minimum Gasteiger partial charge on any atom is -0.375 e. The number of rotatable bonds is 4. The van der Waals surface area contributed by atoms with Gasteiger partial charge >= 0.3 is 0 Å². The zero-order chi connectivity index (χ0) is 14.7. The van der Waals surface area contributed by atoms with E-state index in [1.165, 1.54) is 24.0 Å². The molecule has 0 radical (unpaired) electrons. The normalized spacial score (nSPS) is 24.3. The Kier molecular flexibility index (Phi) is 4.44. The summed E-state index contributed by atoms with van der Waals surface area (Å²) in [7, 11) is 0. The molecular formula is C19H26O2. The fourth-order valence-corrected chi connectivity index (χ4v) is 4.02. The van der Waals surface area contributed by atoms with Crippen molar-refractivity contribution in [3.63, 3.8) is 0 Å². The molecule has 2 heteroatoms. The molecule has 3 rings (SSSR count). The average molecular weight is 286 g/mol. The van der Waals surface area contributed by atoms with Crippen molar-refractivity contribution in [2.75, 3.05) is 6.61 Å². The topological polar surface area (TPSA) is 26.3 Å². The first-order chi connectivity index (χ1) is 10.2. The van der Waals surface area contributed by atoms with E-state index >= 15 is 0 Å². The molecule has 1 atom stereocenters. The summed E-state index contributed by atoms with van der Waals surface area (Å²) in [5, 5.41) is 0. The first-order valence-electron chi connectivity index (χ1n) is 8.40. The number of hydrogen-bond acceptors (Lipinski definition) is 2. The van der Waals surface area contributed by atoms with Crippen LogP contribution in [0.4, 0.5) is 0 Å². The molecule has 2 aliphatic rings. The third kappa shape index (κ3) is 3.37. The Bertz CT molecular complexity index is 500. The van der Waals surface area contributed by atoms with E-state index in [2.05, 4.69) is 31.2 Å². The summed E-state index contributed by atoms with van der Waals surface area (Å²) in [5.41, 5.74) is 2.67. The standard InChI is InChI=1S/C19H26O2/c1-15-6-2-3-7-16(15)8-9-18(20)17-10-13-21-19(14-17)11-4-5-12-19/h2-3,6-7,17H,4-5,8-14H2,1H3. The zero-order valence-electron chi connectivity index (χ0n) is 13.1. The van der Waals surface area contributed by atoms with Gasteiger partial charge in [-0.15, -0.1) is 0 Å². The summed E-state index contributed by atoms with van der Waals surface area (Å²) in [6, 6.07) is 8.39. The third-order valence-corrected chi connectivity index (χ3v) is 5.37. The molecule has 0 N–H and O–H groups in total. The highest BCUT2D eigenvalue weighted by molar-refractivity contribution is 5.81. The Morgan fingerprint density at radius 2 is 2.05 bits per heavy atom. The van der Waals surface area contributed by atoms with E-state index in [1.54, 1.807) is 0 Å². The Morgan fingerprint density at radius 3 is 2.81 bits per heavy atom. The largest absolute Gasteiger partial charge is 0.375 e. The van der Waals surface area contributed by atoms with Crippen molar-refractivity contribution in [2.24, 2.45) is 5.92 Å². The molecule has 1 heterocycles. The number of carbonyl (C=O) groups is 1. The van der Waals surface area contributed by atoms with E-state index in [0.29, 0.717) is 12.2 Å². The predicted molar refractivity (Wildman–Crippen MR) is 84.4 cm³/mol. The lowest BCUT2D eigenvalue weighted by molar-refractivity contribution is -0.136. The van der Waals surface area contributed by atoms with Crippen molar-refractivity contribution < 1.29 is 9.53 Å². The smallest absolute Gasteiger partial charge is 0.136 e. The van der Waals surface area contributed by atoms with Gasteiger partial charge in [0.25, 0.3) is 0 Å². The van der Waals surface area contributed by atoms with Crippen LogP contribution < -0.4 is 0 Å². The molecule has 21 heavy (non-hydrogen) atoms. The van der Waals surface area contributed by atoms with Gasteiger partial charge in [-0.05, 0) is 50.2 Å². The van der Waals surface area contributed by atoms with Gasteiger partial charge in [0.1, 0.15) is 5.78 Å². The molecule has 1 unspecified atom stereocenters. The van der Waals surface area contributed by atoms with Gasteiger partial charge in [-0.3, -0.25) is 4.79 Å². The number of aryl methyl sites for hydroxylation is 2. The number of benzene rings is 1. The van der Waals surface area contributed by atoms with Gasteiger partial charge in [-0.1, -0.05) is 37.1 Å². The van der Waals surface area contributed by atoms with Crippen LogP contribution in [0.25, 0.3) is 0 Å². The molecule has 1 saturated heterocycles. The minimum atomic E-state index is 0.0568. The first kappa shape index (κ1) is 14.8. The Morgan fingerprint density at radius 1 is 1.29 bits per heavy atom. The predicted octanol–water partition coefficient (Wildman–Crippen LogP) is 4.24. The molecule has 1 aromatic carbocycles. The molecular weight excluding hydrogens is 260 g/mol. The summed E-state index contributed by atoms with van der Waals surface area (Å²) in [6.07, 6.45) is 8.33. The molecule has 0 amide bonds. The minimum absolute atomic E-state index is 0.0568. The maximum Gasteiger partial charge on any atom is 0.136 e. The maximum absolute atomic E-state index is 12.6. The van der Waals surface area contributed by atoms with E-state index in [-0.39, 0.29) is 11.5 Å². The van der Waals surface area contributed by atoms with Crippen LogP contribution in [0.2, 0.25) is 0 Å². The van der Waals surface area contributed by atoms with Crippen LogP contribution in [0.15, 0.2) is 24.3 Å². The Balaban J connectivity index is 1.57. The second kappa shape index (κ2) is 6.31. The van der Waals surface area contributed by atoms with Crippen molar-refractivity contribution in [2.45, 2.75) is 63.9 Å². The van der Waals surface area contributed by atoms with Gasteiger partial charge < -0.3 is 4.74 Å². The van der Waals surface area contributed by atoms with Crippen LogP contribution in [0.3, 0.4) is 0 Å². The van der Waals surface area contributed by atoms with Crippen LogP contribution in [0.1, 0.15) is 56.1 Å². The van der Waals surface area contributed by atoms with Gasteiger partial charge in [-0.25, -0.2) is 0 Å². The maximum atomic E-state index is 12.6. The number of ether oxygens (including phenoxy) is 1. The third-order valence-electron chi connectivity index (χ3n) is 5.37. The molecule has 0 bridgehead atoms. The van der Waals surface area contributed by atoms with E-state index in [1.807, 2.05) is 0 Å². The molecule has 1 aromatic rings. The molecule has 1 aliphatic carbocycles. The van der Waals surface area contributed by atoms with Crippen LogP contribution in [-0.4, -0.2) is 18.0 Å². The van der Waals surface area contributed by atoms with Crippen LogP contribution in [-0.2, 0) is 16.0 Å². The Hall–Kier alpha value is -1.15. The first-order valence-corrected chi connectivity index (χ1v) is 8.40. The van der Waals surface area contributed by atoms with Crippen LogP contribution in [0.5, 0.6) is 0 Å². The molecule has 0 aromatic heterocycles. The van der Waals surface area contributed by atoms with Crippen molar-refractivity contribution in [3.8, 4) is 0 Å². The van der Waals surface area contributed by atoms with Gasteiger partial charge in [0.15, 0.2) is 0 Å². The number of Topliss-reactive ketones (excluding diaryl/α,β-unsaturated/α-hetero) is 1. The van der Waals surface area contributed by atoms with Crippen molar-refractivity contribution >= 4 is 5.78 Å². The molecule has 2 fully saturated rings. The van der Waals surface area contributed by atoms with Gasteiger partial charge in [-0.2, -0.15) is 0 Å². The Labute approximate surface area is 127 Å². The molecule has 1 aliphatic heterocycles. The van der Waals surface area contributed by atoms with E-state index in [4.69, 9.17) is 4.74 Å². The summed E-state index contributed by atoms with van der Waals surface area (Å²) in [6.45, 7) is 2.91. The van der Waals surface area contributed by atoms with Gasteiger partial charge in [0.05, 0.1) is 5.60 Å². The van der Waals surface area contributed by atoms with E-state index < -0.39 is 0 Å². The lowest BCUT2D eigenvalue weighted by atomic mass is 9.81. The molecule has 1 spiro atoms. The fraction of sp³-hybridized carbons (Fsp3) is 0.632. The summed E-state index contributed by atoms with van der Waals surface area (Å²) in [4.78, 5) is 12.6. The van der Waals surface area contributed by atoms with Crippen molar-refractivity contribution in [3.05, 3.63) is 35.4 Å². The highest BCUT2D eigenvalue weighted by Crippen LogP contribution is 2.42. The zero-order valence-corrected chi connectivity index (χ0v) is 13.1. The second-order valence-corrected chi connectivity index (χ2v) is 6.82. The highest BCUT2D eigenvalue weighted by atomic mass is 16.5. The summed E-state index contributed by atoms with van der Waals surface area (Å²) >= 11 is 0. The van der Waals surface area contributed by atoms with E-state index in [0.717, 1.165) is 38.7 Å². The molecule has 2 nitrogen and oxygen atoms in total. The van der Waals surface area contributed by atoms with Gasteiger partial charge in [0, 0.05) is 18.9 Å².